The smallest absolute Gasteiger partial charge is 0.00726 e. The maximum absolute atomic E-state index is 3.60. The van der Waals surface area contributed by atoms with Gasteiger partial charge in [0, 0.05) is 18.0 Å². The van der Waals surface area contributed by atoms with Crippen molar-refractivity contribution in [2.75, 3.05) is 6.54 Å². The first kappa shape index (κ1) is 14.2. The Morgan fingerprint density at radius 3 is 2.00 bits per heavy atom. The number of benzene rings is 1. The molecule has 0 saturated heterocycles. The first-order valence-electron chi connectivity index (χ1n) is 6.84. The van der Waals surface area contributed by atoms with Crippen LogP contribution in [0.1, 0.15) is 51.7 Å². The van der Waals surface area contributed by atoms with Gasteiger partial charge in [-0.2, -0.15) is 0 Å². The topological polar surface area (TPSA) is 12.0 Å². The third-order valence-electron chi connectivity index (χ3n) is 3.87. The summed E-state index contributed by atoms with van der Waals surface area (Å²) in [6.07, 6.45) is 2.37. The van der Waals surface area contributed by atoms with Gasteiger partial charge in [-0.1, -0.05) is 57.5 Å². The highest BCUT2D eigenvalue weighted by molar-refractivity contribution is 5.29. The minimum Gasteiger partial charge on any atom is -0.314 e. The Bertz CT molecular complexity index is 320. The monoisotopic (exact) mass is 233 g/mol. The highest BCUT2D eigenvalue weighted by atomic mass is 14.9. The lowest BCUT2D eigenvalue weighted by atomic mass is 9.75. The second-order valence-electron chi connectivity index (χ2n) is 5.39. The lowest BCUT2D eigenvalue weighted by molar-refractivity contribution is 0.355. The van der Waals surface area contributed by atoms with Gasteiger partial charge < -0.3 is 5.32 Å². The summed E-state index contributed by atoms with van der Waals surface area (Å²) in [4.78, 5) is 0. The van der Waals surface area contributed by atoms with E-state index in [1.54, 1.807) is 0 Å². The van der Waals surface area contributed by atoms with Gasteiger partial charge in [-0.15, -0.1) is 0 Å². The van der Waals surface area contributed by atoms with Crippen LogP contribution >= 0.6 is 0 Å². The van der Waals surface area contributed by atoms with E-state index >= 15 is 0 Å². The Hall–Kier alpha value is -0.820. The number of nitrogens with one attached hydrogen (secondary N) is 1. The first-order chi connectivity index (χ1) is 8.04. The molecule has 1 heteroatoms. The predicted octanol–water partition coefficient (Wildman–Crippen LogP) is 4.05. The van der Waals surface area contributed by atoms with Gasteiger partial charge in [0.15, 0.2) is 0 Å². The van der Waals surface area contributed by atoms with Gasteiger partial charge in [-0.3, -0.25) is 0 Å². The molecule has 0 aliphatic rings. The molecule has 1 aromatic carbocycles. The van der Waals surface area contributed by atoms with Crippen LogP contribution < -0.4 is 5.32 Å². The Labute approximate surface area is 107 Å². The molecule has 0 aromatic heterocycles. The molecular formula is C16H27N. The summed E-state index contributed by atoms with van der Waals surface area (Å²) in [5, 5.41) is 3.60. The lowest BCUT2D eigenvalue weighted by Gasteiger charge is -2.33. The molecule has 0 unspecified atom stereocenters. The molecule has 0 amide bonds. The molecule has 1 nitrogen and oxygen atoms in total. The minimum absolute atomic E-state index is 0.290. The lowest BCUT2D eigenvalue weighted by Crippen LogP contribution is -2.40. The predicted molar refractivity (Wildman–Crippen MR) is 76.6 cm³/mol. The van der Waals surface area contributed by atoms with Crippen LogP contribution in [0.15, 0.2) is 24.3 Å². The maximum Gasteiger partial charge on any atom is 0.00726 e. The van der Waals surface area contributed by atoms with Crippen molar-refractivity contribution in [3.8, 4) is 0 Å². The molecule has 0 saturated carbocycles. The van der Waals surface area contributed by atoms with E-state index < -0.39 is 0 Å². The van der Waals surface area contributed by atoms with Crippen LogP contribution in [0.2, 0.25) is 0 Å². The standard InChI is InChI=1S/C16H27N/c1-6-16(7-2,12-17-13(3)4)15-10-8-14(5)9-11-15/h8-11,13,17H,6-7,12H2,1-5H3. The van der Waals surface area contributed by atoms with E-state index in [1.807, 2.05) is 0 Å². The largest absolute Gasteiger partial charge is 0.314 e. The van der Waals surface area contributed by atoms with E-state index in [1.165, 1.54) is 24.0 Å². The number of hydrogen-bond donors (Lipinski definition) is 1. The average molecular weight is 233 g/mol. The van der Waals surface area contributed by atoms with Crippen molar-refractivity contribution in [1.29, 1.82) is 0 Å². The van der Waals surface area contributed by atoms with Crippen molar-refractivity contribution in [3.05, 3.63) is 35.4 Å². The summed E-state index contributed by atoms with van der Waals surface area (Å²) in [5.41, 5.74) is 3.10. The van der Waals surface area contributed by atoms with Crippen LogP contribution in [-0.2, 0) is 5.41 Å². The molecule has 1 rings (SSSR count). The molecule has 0 radical (unpaired) electrons. The van der Waals surface area contributed by atoms with Crippen LogP contribution in [0.4, 0.5) is 0 Å². The van der Waals surface area contributed by atoms with Crippen LogP contribution in [-0.4, -0.2) is 12.6 Å². The summed E-state index contributed by atoms with van der Waals surface area (Å²) in [6.45, 7) is 12.2. The van der Waals surface area contributed by atoms with E-state index in [0.29, 0.717) is 6.04 Å². The fraction of sp³-hybridized carbons (Fsp3) is 0.625. The van der Waals surface area contributed by atoms with Crippen molar-refractivity contribution in [3.63, 3.8) is 0 Å². The molecule has 0 atom stereocenters. The number of hydrogen-bond acceptors (Lipinski definition) is 1. The van der Waals surface area contributed by atoms with Gasteiger partial charge in [-0.05, 0) is 25.3 Å². The van der Waals surface area contributed by atoms with Gasteiger partial charge in [0.1, 0.15) is 0 Å². The van der Waals surface area contributed by atoms with E-state index in [9.17, 15) is 0 Å². The Balaban J connectivity index is 2.93. The van der Waals surface area contributed by atoms with Gasteiger partial charge in [0.25, 0.3) is 0 Å². The molecule has 1 aromatic rings. The highest BCUT2D eigenvalue weighted by Crippen LogP contribution is 2.31. The second-order valence-corrected chi connectivity index (χ2v) is 5.39. The molecule has 0 aliphatic heterocycles. The summed E-state index contributed by atoms with van der Waals surface area (Å²) in [6, 6.07) is 9.60. The van der Waals surface area contributed by atoms with Gasteiger partial charge in [0.2, 0.25) is 0 Å². The van der Waals surface area contributed by atoms with Gasteiger partial charge in [-0.25, -0.2) is 0 Å². The maximum atomic E-state index is 3.60. The van der Waals surface area contributed by atoms with Crippen molar-refractivity contribution in [2.24, 2.45) is 0 Å². The van der Waals surface area contributed by atoms with Gasteiger partial charge >= 0.3 is 0 Å². The Morgan fingerprint density at radius 2 is 1.59 bits per heavy atom. The summed E-state index contributed by atoms with van der Waals surface area (Å²) >= 11 is 0. The third kappa shape index (κ3) is 3.57. The van der Waals surface area contributed by atoms with Crippen molar-refractivity contribution < 1.29 is 0 Å². The van der Waals surface area contributed by atoms with E-state index in [0.717, 1.165) is 6.54 Å². The quantitative estimate of drug-likeness (QED) is 0.781. The summed E-state index contributed by atoms with van der Waals surface area (Å²) in [7, 11) is 0. The van der Waals surface area contributed by atoms with Crippen molar-refractivity contribution >= 4 is 0 Å². The average Bonchev–Trinajstić information content (AvgIpc) is 2.32. The normalized spacial score (nSPS) is 12.1. The Morgan fingerprint density at radius 1 is 1.06 bits per heavy atom. The van der Waals surface area contributed by atoms with E-state index in [-0.39, 0.29) is 5.41 Å². The second kappa shape index (κ2) is 6.20. The number of aryl methyl sites for hydroxylation is 1. The SMILES string of the molecule is CCC(CC)(CNC(C)C)c1ccc(C)cc1. The molecule has 17 heavy (non-hydrogen) atoms. The van der Waals surface area contributed by atoms with Crippen LogP contribution in [0.5, 0.6) is 0 Å². The molecule has 0 spiro atoms. The zero-order valence-electron chi connectivity index (χ0n) is 12.0. The third-order valence-corrected chi connectivity index (χ3v) is 3.87. The van der Waals surface area contributed by atoms with Crippen LogP contribution in [0.3, 0.4) is 0 Å². The van der Waals surface area contributed by atoms with E-state index in [2.05, 4.69) is 64.2 Å². The van der Waals surface area contributed by atoms with Crippen LogP contribution in [0, 0.1) is 6.92 Å². The molecular weight excluding hydrogens is 206 g/mol. The fourth-order valence-corrected chi connectivity index (χ4v) is 2.32. The van der Waals surface area contributed by atoms with E-state index in [4.69, 9.17) is 0 Å². The highest BCUT2D eigenvalue weighted by Gasteiger charge is 2.28. The number of rotatable bonds is 6. The van der Waals surface area contributed by atoms with Crippen molar-refractivity contribution in [1.82, 2.24) is 5.32 Å². The molecule has 0 bridgehead atoms. The molecule has 0 aliphatic carbocycles. The minimum atomic E-state index is 0.290. The molecule has 0 fully saturated rings. The Kier molecular flexibility index (Phi) is 5.20. The van der Waals surface area contributed by atoms with Crippen LogP contribution in [0.25, 0.3) is 0 Å². The summed E-state index contributed by atoms with van der Waals surface area (Å²) < 4.78 is 0. The fourth-order valence-electron chi connectivity index (χ4n) is 2.32. The zero-order valence-corrected chi connectivity index (χ0v) is 12.0. The molecule has 0 heterocycles. The molecule has 96 valence electrons. The zero-order chi connectivity index (χ0) is 12.9. The first-order valence-corrected chi connectivity index (χ1v) is 6.84. The van der Waals surface area contributed by atoms with Crippen molar-refractivity contribution in [2.45, 2.75) is 58.9 Å². The molecule has 1 N–H and O–H groups in total. The van der Waals surface area contributed by atoms with Gasteiger partial charge in [0.05, 0.1) is 0 Å². The summed E-state index contributed by atoms with van der Waals surface area (Å²) in [5.74, 6) is 0.